The van der Waals surface area contributed by atoms with E-state index in [1.165, 1.54) is 19.3 Å². The highest BCUT2D eigenvalue weighted by atomic mass is 16.2. The Morgan fingerprint density at radius 1 is 1.33 bits per heavy atom. The van der Waals surface area contributed by atoms with Crippen LogP contribution in [-0.4, -0.2) is 32.7 Å². The largest absolute Gasteiger partial charge is 0.354 e. The molecule has 0 aliphatic heterocycles. The van der Waals surface area contributed by atoms with Crippen LogP contribution in [0.4, 0.5) is 0 Å². The molecular formula is C12H19N5O. The van der Waals surface area contributed by atoms with Crippen molar-refractivity contribution in [1.29, 1.82) is 0 Å². The van der Waals surface area contributed by atoms with E-state index < -0.39 is 5.54 Å². The van der Waals surface area contributed by atoms with Crippen LogP contribution in [0.1, 0.15) is 44.9 Å². The lowest BCUT2D eigenvalue weighted by atomic mass is 9.81. The number of rotatable bonds is 4. The maximum atomic E-state index is 12.5. The molecule has 2 saturated carbocycles. The van der Waals surface area contributed by atoms with Gasteiger partial charge in [-0.2, -0.15) is 0 Å². The molecule has 0 spiro atoms. The minimum atomic E-state index is -0.545. The molecule has 1 aromatic rings. The summed E-state index contributed by atoms with van der Waals surface area (Å²) in [6, 6.07) is 0. The number of tetrazole rings is 1. The van der Waals surface area contributed by atoms with Gasteiger partial charge < -0.3 is 5.32 Å². The maximum Gasteiger partial charge on any atom is 0.248 e. The highest BCUT2D eigenvalue weighted by Gasteiger charge is 2.42. The van der Waals surface area contributed by atoms with Crippen molar-refractivity contribution in [2.24, 2.45) is 5.92 Å². The van der Waals surface area contributed by atoms with Crippen molar-refractivity contribution in [2.45, 2.75) is 50.5 Å². The Morgan fingerprint density at radius 3 is 2.72 bits per heavy atom. The quantitative estimate of drug-likeness (QED) is 0.859. The number of nitrogens with one attached hydrogen (secondary N) is 1. The molecule has 0 bridgehead atoms. The van der Waals surface area contributed by atoms with Crippen LogP contribution in [0.5, 0.6) is 0 Å². The first-order valence-electron chi connectivity index (χ1n) is 6.83. The predicted molar refractivity (Wildman–Crippen MR) is 64.6 cm³/mol. The Kier molecular flexibility index (Phi) is 3.01. The van der Waals surface area contributed by atoms with E-state index in [1.807, 2.05) is 0 Å². The van der Waals surface area contributed by atoms with Gasteiger partial charge in [-0.05, 0) is 42.0 Å². The molecule has 2 fully saturated rings. The molecule has 0 saturated heterocycles. The Morgan fingerprint density at radius 2 is 2.11 bits per heavy atom. The number of hydrogen-bond acceptors (Lipinski definition) is 4. The topological polar surface area (TPSA) is 72.7 Å². The van der Waals surface area contributed by atoms with Crippen LogP contribution in [-0.2, 0) is 10.3 Å². The number of carbonyl (C=O) groups is 1. The molecule has 1 amide bonds. The normalized spacial score (nSPS) is 22.7. The van der Waals surface area contributed by atoms with Crippen molar-refractivity contribution in [3.63, 3.8) is 0 Å². The third kappa shape index (κ3) is 2.11. The summed E-state index contributed by atoms with van der Waals surface area (Å²) in [5, 5.41) is 14.4. The van der Waals surface area contributed by atoms with Crippen molar-refractivity contribution >= 4 is 5.91 Å². The molecule has 98 valence electrons. The molecule has 1 heterocycles. The predicted octanol–water partition coefficient (Wildman–Crippen LogP) is 0.859. The highest BCUT2D eigenvalue weighted by molar-refractivity contribution is 5.84. The first-order chi connectivity index (χ1) is 8.81. The molecule has 0 unspecified atom stereocenters. The summed E-state index contributed by atoms with van der Waals surface area (Å²) in [6.07, 6.45) is 9.08. The molecule has 0 aromatic carbocycles. The van der Waals surface area contributed by atoms with Crippen molar-refractivity contribution in [3.8, 4) is 0 Å². The fourth-order valence-electron chi connectivity index (χ4n) is 2.78. The third-order valence-electron chi connectivity index (χ3n) is 4.14. The minimum Gasteiger partial charge on any atom is -0.354 e. The lowest BCUT2D eigenvalue weighted by molar-refractivity contribution is -0.132. The van der Waals surface area contributed by atoms with E-state index in [-0.39, 0.29) is 5.91 Å². The van der Waals surface area contributed by atoms with Gasteiger partial charge in [0.05, 0.1) is 0 Å². The second-order valence-corrected chi connectivity index (χ2v) is 5.50. The maximum absolute atomic E-state index is 12.5. The summed E-state index contributed by atoms with van der Waals surface area (Å²) < 4.78 is 1.66. The number of carbonyl (C=O) groups excluding carboxylic acids is 1. The van der Waals surface area contributed by atoms with E-state index in [0.717, 1.165) is 32.2 Å². The van der Waals surface area contributed by atoms with Crippen molar-refractivity contribution in [3.05, 3.63) is 6.33 Å². The van der Waals surface area contributed by atoms with E-state index in [4.69, 9.17) is 0 Å². The number of hydrogen-bond donors (Lipinski definition) is 1. The van der Waals surface area contributed by atoms with E-state index in [9.17, 15) is 4.79 Å². The second-order valence-electron chi connectivity index (χ2n) is 5.50. The summed E-state index contributed by atoms with van der Waals surface area (Å²) >= 11 is 0. The Labute approximate surface area is 106 Å². The summed E-state index contributed by atoms with van der Waals surface area (Å²) in [5.74, 6) is 0.796. The molecular weight excluding hydrogens is 230 g/mol. The van der Waals surface area contributed by atoms with E-state index in [0.29, 0.717) is 5.92 Å². The van der Waals surface area contributed by atoms with E-state index in [1.54, 1.807) is 11.0 Å². The summed E-state index contributed by atoms with van der Waals surface area (Å²) in [7, 11) is 0. The van der Waals surface area contributed by atoms with Gasteiger partial charge >= 0.3 is 0 Å². The van der Waals surface area contributed by atoms with Gasteiger partial charge in [0, 0.05) is 6.54 Å². The summed E-state index contributed by atoms with van der Waals surface area (Å²) in [5.41, 5.74) is -0.545. The van der Waals surface area contributed by atoms with Gasteiger partial charge in [0.15, 0.2) is 0 Å². The van der Waals surface area contributed by atoms with Gasteiger partial charge in [0.25, 0.3) is 0 Å². The zero-order valence-corrected chi connectivity index (χ0v) is 10.5. The molecule has 2 aliphatic rings. The standard InChI is InChI=1S/C12H19N5O/c18-11(13-8-10-4-5-10)12(6-2-1-3-7-12)17-9-14-15-16-17/h9-10H,1-8H2,(H,13,18). The van der Waals surface area contributed by atoms with Gasteiger partial charge in [-0.1, -0.05) is 19.3 Å². The minimum absolute atomic E-state index is 0.0985. The molecule has 3 rings (SSSR count). The number of amides is 1. The van der Waals surface area contributed by atoms with Gasteiger partial charge in [0.2, 0.25) is 5.91 Å². The fraction of sp³-hybridized carbons (Fsp3) is 0.833. The van der Waals surface area contributed by atoms with Gasteiger partial charge in [-0.25, -0.2) is 4.68 Å². The molecule has 0 radical (unpaired) electrons. The molecule has 2 aliphatic carbocycles. The average Bonchev–Trinajstić information content (AvgIpc) is 3.08. The van der Waals surface area contributed by atoms with Crippen molar-refractivity contribution in [2.75, 3.05) is 6.54 Å². The number of aromatic nitrogens is 4. The molecule has 6 heteroatoms. The molecule has 0 atom stereocenters. The smallest absolute Gasteiger partial charge is 0.248 e. The molecule has 18 heavy (non-hydrogen) atoms. The summed E-state index contributed by atoms with van der Waals surface area (Å²) in [4.78, 5) is 12.5. The Bertz CT molecular complexity index is 406. The van der Waals surface area contributed by atoms with Crippen LogP contribution in [0, 0.1) is 5.92 Å². The van der Waals surface area contributed by atoms with Crippen LogP contribution in [0.3, 0.4) is 0 Å². The van der Waals surface area contributed by atoms with Crippen LogP contribution < -0.4 is 5.32 Å². The van der Waals surface area contributed by atoms with Crippen LogP contribution in [0.25, 0.3) is 0 Å². The molecule has 1 N–H and O–H groups in total. The van der Waals surface area contributed by atoms with Crippen molar-refractivity contribution in [1.82, 2.24) is 25.5 Å². The monoisotopic (exact) mass is 249 g/mol. The van der Waals surface area contributed by atoms with Gasteiger partial charge in [0.1, 0.15) is 11.9 Å². The highest BCUT2D eigenvalue weighted by Crippen LogP contribution is 2.35. The molecule has 1 aromatic heterocycles. The van der Waals surface area contributed by atoms with E-state index >= 15 is 0 Å². The number of nitrogens with zero attached hydrogens (tertiary/aromatic N) is 4. The Hall–Kier alpha value is -1.46. The van der Waals surface area contributed by atoms with Crippen LogP contribution in [0.2, 0.25) is 0 Å². The van der Waals surface area contributed by atoms with E-state index in [2.05, 4.69) is 20.8 Å². The zero-order valence-electron chi connectivity index (χ0n) is 10.5. The SMILES string of the molecule is O=C(NCC1CC1)C1(n2cnnn2)CCCCC1. The fourth-order valence-corrected chi connectivity index (χ4v) is 2.78. The molecule has 6 nitrogen and oxygen atoms in total. The second kappa shape index (κ2) is 4.66. The van der Waals surface area contributed by atoms with Gasteiger partial charge in [-0.3, -0.25) is 4.79 Å². The Balaban J connectivity index is 1.77. The van der Waals surface area contributed by atoms with Crippen LogP contribution >= 0.6 is 0 Å². The first-order valence-corrected chi connectivity index (χ1v) is 6.83. The average molecular weight is 249 g/mol. The summed E-state index contributed by atoms with van der Waals surface area (Å²) in [6.45, 7) is 0.808. The lowest BCUT2D eigenvalue weighted by Crippen LogP contribution is -2.50. The third-order valence-corrected chi connectivity index (χ3v) is 4.14. The lowest BCUT2D eigenvalue weighted by Gasteiger charge is -2.35. The van der Waals surface area contributed by atoms with Gasteiger partial charge in [-0.15, -0.1) is 5.10 Å². The first kappa shape index (κ1) is 11.6. The van der Waals surface area contributed by atoms with Crippen molar-refractivity contribution < 1.29 is 4.79 Å². The van der Waals surface area contributed by atoms with Crippen LogP contribution in [0.15, 0.2) is 6.33 Å². The zero-order chi connectivity index (χ0) is 12.4.